The number of methoxy groups -OCH3 is 1. The Labute approximate surface area is 157 Å². The van der Waals surface area contributed by atoms with Crippen LogP contribution in [0.25, 0.3) is 10.9 Å². The number of carbonyl (C=O) groups excluding carboxylic acids is 1. The number of halogens is 3. The van der Waals surface area contributed by atoms with Gasteiger partial charge in [0.1, 0.15) is 11.6 Å². The van der Waals surface area contributed by atoms with Crippen molar-refractivity contribution in [2.45, 2.75) is 13.2 Å². The second-order valence-electron chi connectivity index (χ2n) is 5.67. The van der Waals surface area contributed by atoms with Crippen molar-refractivity contribution in [3.05, 3.63) is 41.8 Å². The van der Waals surface area contributed by atoms with Crippen molar-refractivity contribution < 1.29 is 27.4 Å². The minimum atomic E-state index is -3.05. The topological polar surface area (TPSA) is 104 Å². The van der Waals surface area contributed by atoms with Gasteiger partial charge >= 0.3 is 6.61 Å². The van der Waals surface area contributed by atoms with Crippen LogP contribution in [0.15, 0.2) is 30.5 Å². The van der Waals surface area contributed by atoms with Crippen molar-refractivity contribution in [2.75, 3.05) is 19.0 Å². The zero-order valence-corrected chi connectivity index (χ0v) is 14.7. The molecule has 2 heterocycles. The van der Waals surface area contributed by atoms with Crippen molar-refractivity contribution in [2.24, 2.45) is 5.73 Å². The first-order valence-electron chi connectivity index (χ1n) is 8.05. The second-order valence-corrected chi connectivity index (χ2v) is 5.67. The van der Waals surface area contributed by atoms with Gasteiger partial charge in [-0.3, -0.25) is 9.48 Å². The molecule has 0 aliphatic carbocycles. The van der Waals surface area contributed by atoms with Crippen LogP contribution >= 0.6 is 0 Å². The number of anilines is 2. The molecule has 28 heavy (non-hydrogen) atoms. The summed E-state index contributed by atoms with van der Waals surface area (Å²) in [6.07, 6.45) is 0.918. The number of rotatable bonds is 8. The van der Waals surface area contributed by atoms with Crippen LogP contribution in [-0.2, 0) is 11.3 Å². The van der Waals surface area contributed by atoms with Gasteiger partial charge in [0.05, 0.1) is 35.8 Å². The number of nitrogens with one attached hydrogen (secondary N) is 1. The molecule has 0 aliphatic rings. The molecule has 11 heteroatoms. The number of benzene rings is 1. The molecule has 0 saturated heterocycles. The zero-order chi connectivity index (χ0) is 20.3. The molecule has 0 spiro atoms. The highest BCUT2D eigenvalue weighted by molar-refractivity contribution is 5.98. The molecular formula is C17H16F3N5O3. The Balaban J connectivity index is 2.00. The zero-order valence-electron chi connectivity index (χ0n) is 14.7. The van der Waals surface area contributed by atoms with Crippen molar-refractivity contribution >= 4 is 28.3 Å². The molecule has 1 amide bonds. The number of amides is 1. The predicted molar refractivity (Wildman–Crippen MR) is 94.2 cm³/mol. The van der Waals surface area contributed by atoms with Gasteiger partial charge in [0, 0.05) is 12.8 Å². The summed E-state index contributed by atoms with van der Waals surface area (Å²) in [5.74, 6) is -1.82. The molecule has 148 valence electrons. The summed E-state index contributed by atoms with van der Waals surface area (Å²) >= 11 is 0. The largest absolute Gasteiger partial charge is 0.415 e. The van der Waals surface area contributed by atoms with E-state index >= 15 is 0 Å². The number of hydrogen-bond donors (Lipinski definition) is 2. The molecule has 8 nitrogen and oxygen atoms in total. The van der Waals surface area contributed by atoms with E-state index in [2.05, 4.69) is 20.1 Å². The van der Waals surface area contributed by atoms with E-state index in [1.807, 2.05) is 0 Å². The monoisotopic (exact) mass is 395 g/mol. The molecule has 0 saturated carbocycles. The molecule has 0 unspecified atom stereocenters. The Hall–Kier alpha value is -3.34. The van der Waals surface area contributed by atoms with Gasteiger partial charge < -0.3 is 20.5 Å². The van der Waals surface area contributed by atoms with Crippen LogP contribution in [0.4, 0.5) is 24.7 Å². The normalized spacial score (nSPS) is 11.2. The third-order valence-electron chi connectivity index (χ3n) is 3.81. The molecular weight excluding hydrogens is 379 g/mol. The van der Waals surface area contributed by atoms with Crippen LogP contribution in [0.5, 0.6) is 5.88 Å². The van der Waals surface area contributed by atoms with E-state index in [-0.39, 0.29) is 17.3 Å². The SMILES string of the molecule is COCCn1nc(OC(F)F)c2cc(Nc3ncc(F)cc3C(N)=O)ccc21. The third kappa shape index (κ3) is 4.14. The molecule has 0 aliphatic heterocycles. The number of fused-ring (bicyclic) bond motifs is 1. The summed E-state index contributed by atoms with van der Waals surface area (Å²) in [5, 5.41) is 7.17. The summed E-state index contributed by atoms with van der Waals surface area (Å²) in [4.78, 5) is 15.3. The maximum atomic E-state index is 13.3. The number of ether oxygens (including phenoxy) is 2. The fourth-order valence-corrected chi connectivity index (χ4v) is 2.61. The highest BCUT2D eigenvalue weighted by Crippen LogP contribution is 2.30. The lowest BCUT2D eigenvalue weighted by atomic mass is 10.2. The maximum Gasteiger partial charge on any atom is 0.388 e. The average molecular weight is 395 g/mol. The lowest BCUT2D eigenvalue weighted by molar-refractivity contribution is -0.0523. The smallest absolute Gasteiger partial charge is 0.388 e. The van der Waals surface area contributed by atoms with Crippen LogP contribution in [0.2, 0.25) is 0 Å². The van der Waals surface area contributed by atoms with Crippen molar-refractivity contribution in [3.8, 4) is 5.88 Å². The first-order valence-corrected chi connectivity index (χ1v) is 8.05. The number of alkyl halides is 2. The summed E-state index contributed by atoms with van der Waals surface area (Å²) in [6.45, 7) is -2.39. The molecule has 0 radical (unpaired) electrons. The lowest BCUT2D eigenvalue weighted by Gasteiger charge is -2.10. The molecule has 0 bridgehead atoms. The summed E-state index contributed by atoms with van der Waals surface area (Å²) in [7, 11) is 1.51. The molecule has 0 atom stereocenters. The fraction of sp³-hybridized carbons (Fsp3) is 0.235. The Morgan fingerprint density at radius 3 is 2.82 bits per heavy atom. The van der Waals surface area contributed by atoms with Gasteiger partial charge in [-0.1, -0.05) is 0 Å². The Morgan fingerprint density at radius 2 is 2.14 bits per heavy atom. The van der Waals surface area contributed by atoms with Crippen molar-refractivity contribution in [3.63, 3.8) is 0 Å². The second kappa shape index (κ2) is 8.13. The molecule has 3 rings (SSSR count). The van der Waals surface area contributed by atoms with Crippen LogP contribution in [-0.4, -0.2) is 41.0 Å². The highest BCUT2D eigenvalue weighted by atomic mass is 19.3. The number of primary amides is 1. The van der Waals surface area contributed by atoms with Crippen LogP contribution in [0, 0.1) is 5.82 Å². The van der Waals surface area contributed by atoms with Gasteiger partial charge in [0.2, 0.25) is 5.88 Å². The third-order valence-corrected chi connectivity index (χ3v) is 3.81. The van der Waals surface area contributed by atoms with E-state index in [1.54, 1.807) is 12.1 Å². The Morgan fingerprint density at radius 1 is 1.36 bits per heavy atom. The summed E-state index contributed by atoms with van der Waals surface area (Å²) in [5.41, 5.74) is 6.02. The first kappa shape index (κ1) is 19.4. The number of pyridine rings is 1. The van der Waals surface area contributed by atoms with Crippen LogP contribution < -0.4 is 15.8 Å². The minimum absolute atomic E-state index is 0.0244. The number of carbonyl (C=O) groups is 1. The molecule has 3 N–H and O–H groups in total. The van der Waals surface area contributed by atoms with E-state index in [9.17, 15) is 18.0 Å². The van der Waals surface area contributed by atoms with Gasteiger partial charge in [0.25, 0.3) is 5.91 Å². The summed E-state index contributed by atoms with van der Waals surface area (Å²) < 4.78 is 49.7. The van der Waals surface area contributed by atoms with Crippen LogP contribution in [0.1, 0.15) is 10.4 Å². The Kier molecular flexibility index (Phi) is 5.64. The maximum absolute atomic E-state index is 13.3. The predicted octanol–water partition coefficient (Wildman–Crippen LogP) is 2.66. The van der Waals surface area contributed by atoms with Crippen molar-refractivity contribution in [1.29, 1.82) is 0 Å². The molecule has 0 fully saturated rings. The number of nitrogens with two attached hydrogens (primary N) is 1. The van der Waals surface area contributed by atoms with E-state index in [0.29, 0.717) is 29.7 Å². The van der Waals surface area contributed by atoms with Gasteiger partial charge in [-0.05, 0) is 24.3 Å². The first-order chi connectivity index (χ1) is 13.4. The number of hydrogen-bond acceptors (Lipinski definition) is 6. The number of nitrogens with zero attached hydrogens (tertiary/aromatic N) is 3. The average Bonchev–Trinajstić information content (AvgIpc) is 2.97. The van der Waals surface area contributed by atoms with E-state index in [1.165, 1.54) is 17.9 Å². The van der Waals surface area contributed by atoms with E-state index in [0.717, 1.165) is 12.3 Å². The molecule has 3 aromatic rings. The van der Waals surface area contributed by atoms with Gasteiger partial charge in [-0.25, -0.2) is 9.37 Å². The van der Waals surface area contributed by atoms with E-state index < -0.39 is 18.3 Å². The van der Waals surface area contributed by atoms with E-state index in [4.69, 9.17) is 10.5 Å². The van der Waals surface area contributed by atoms with Gasteiger partial charge in [-0.15, -0.1) is 5.10 Å². The highest BCUT2D eigenvalue weighted by Gasteiger charge is 2.17. The standard InChI is InChI=1S/C17H16F3N5O3/c1-27-5-4-25-13-3-2-10(7-11(13)16(24-25)28-17(19)20)23-15-12(14(21)26)6-9(18)8-22-15/h2-3,6-8,17H,4-5H2,1H3,(H2,21,26)(H,22,23). The van der Waals surface area contributed by atoms with Gasteiger partial charge in [-0.2, -0.15) is 8.78 Å². The fourth-order valence-electron chi connectivity index (χ4n) is 2.61. The lowest BCUT2D eigenvalue weighted by Crippen LogP contribution is -2.14. The Bertz CT molecular complexity index is 1010. The quantitative estimate of drug-likeness (QED) is 0.608. The van der Waals surface area contributed by atoms with Gasteiger partial charge in [0.15, 0.2) is 0 Å². The minimum Gasteiger partial charge on any atom is -0.415 e. The molecule has 1 aromatic carbocycles. The summed E-state index contributed by atoms with van der Waals surface area (Å²) in [6, 6.07) is 5.70. The molecule has 2 aromatic heterocycles. The number of aromatic nitrogens is 3. The van der Waals surface area contributed by atoms with Crippen LogP contribution in [0.3, 0.4) is 0 Å². The van der Waals surface area contributed by atoms with Crippen molar-refractivity contribution in [1.82, 2.24) is 14.8 Å².